The molecule has 0 atom stereocenters. The fourth-order valence-electron chi connectivity index (χ4n) is 1.95. The number of methoxy groups -OCH3 is 1. The number of thioether (sulfide) groups is 1. The van der Waals surface area contributed by atoms with Crippen LogP contribution in [0.1, 0.15) is 5.82 Å². The van der Waals surface area contributed by atoms with Gasteiger partial charge in [0.25, 0.3) is 0 Å². The lowest BCUT2D eigenvalue weighted by Crippen LogP contribution is -2.01. The van der Waals surface area contributed by atoms with Crippen molar-refractivity contribution in [2.75, 3.05) is 7.11 Å². The van der Waals surface area contributed by atoms with Crippen LogP contribution in [0.3, 0.4) is 0 Å². The van der Waals surface area contributed by atoms with Crippen molar-refractivity contribution in [3.05, 3.63) is 60.4 Å². The van der Waals surface area contributed by atoms with Gasteiger partial charge in [0, 0.05) is 4.90 Å². The standard InChI is InChI=1S/C15H14N4OS/c1-20-13-9-5-6-10-14(13)21-11-15-16-17-18-19(15)12-7-3-2-4-8-12/h2-10H,11H2,1H3. The Labute approximate surface area is 126 Å². The van der Waals surface area contributed by atoms with Crippen LogP contribution in [0, 0.1) is 0 Å². The summed E-state index contributed by atoms with van der Waals surface area (Å²) in [6.45, 7) is 0. The van der Waals surface area contributed by atoms with Crippen molar-refractivity contribution in [2.45, 2.75) is 10.6 Å². The van der Waals surface area contributed by atoms with E-state index in [9.17, 15) is 0 Å². The smallest absolute Gasteiger partial charge is 0.166 e. The highest BCUT2D eigenvalue weighted by molar-refractivity contribution is 7.98. The molecule has 0 saturated carbocycles. The Hall–Kier alpha value is -2.34. The molecule has 0 fully saturated rings. The third-order valence-electron chi connectivity index (χ3n) is 2.96. The molecule has 0 radical (unpaired) electrons. The monoisotopic (exact) mass is 298 g/mol. The first-order chi connectivity index (χ1) is 10.4. The molecule has 2 aromatic carbocycles. The molecular weight excluding hydrogens is 284 g/mol. The molecule has 0 unspecified atom stereocenters. The van der Waals surface area contributed by atoms with E-state index in [0.29, 0.717) is 5.75 Å². The molecule has 0 N–H and O–H groups in total. The zero-order chi connectivity index (χ0) is 14.5. The van der Waals surface area contributed by atoms with Crippen LogP contribution in [0.4, 0.5) is 0 Å². The van der Waals surface area contributed by atoms with Gasteiger partial charge in [-0.05, 0) is 34.7 Å². The molecule has 1 heterocycles. The van der Waals surface area contributed by atoms with Gasteiger partial charge >= 0.3 is 0 Å². The van der Waals surface area contributed by atoms with Gasteiger partial charge in [-0.3, -0.25) is 0 Å². The molecule has 0 saturated heterocycles. The lowest BCUT2D eigenvalue weighted by atomic mass is 10.3. The number of aromatic nitrogens is 4. The third-order valence-corrected chi connectivity index (χ3v) is 4.01. The van der Waals surface area contributed by atoms with Crippen LogP contribution in [0.5, 0.6) is 5.75 Å². The summed E-state index contributed by atoms with van der Waals surface area (Å²) in [6, 6.07) is 17.8. The summed E-state index contributed by atoms with van der Waals surface area (Å²) in [7, 11) is 1.67. The zero-order valence-electron chi connectivity index (χ0n) is 11.5. The lowest BCUT2D eigenvalue weighted by molar-refractivity contribution is 0.405. The quantitative estimate of drug-likeness (QED) is 0.678. The maximum absolute atomic E-state index is 5.35. The second-order valence-electron chi connectivity index (χ2n) is 4.28. The Balaban J connectivity index is 1.79. The van der Waals surface area contributed by atoms with Crippen molar-refractivity contribution in [3.8, 4) is 11.4 Å². The second kappa shape index (κ2) is 6.41. The summed E-state index contributed by atoms with van der Waals surface area (Å²) in [5, 5.41) is 11.9. The van der Waals surface area contributed by atoms with Gasteiger partial charge in [0.15, 0.2) is 5.82 Å². The van der Waals surface area contributed by atoms with Crippen LogP contribution in [-0.2, 0) is 5.75 Å². The number of nitrogens with zero attached hydrogens (tertiary/aromatic N) is 4. The number of tetrazole rings is 1. The van der Waals surface area contributed by atoms with E-state index in [0.717, 1.165) is 22.2 Å². The SMILES string of the molecule is COc1ccccc1SCc1nnnn1-c1ccccc1. The molecule has 0 spiro atoms. The van der Waals surface area contributed by atoms with Gasteiger partial charge < -0.3 is 4.74 Å². The van der Waals surface area contributed by atoms with Crippen molar-refractivity contribution in [3.63, 3.8) is 0 Å². The summed E-state index contributed by atoms with van der Waals surface area (Å²) >= 11 is 1.65. The minimum atomic E-state index is 0.669. The van der Waals surface area contributed by atoms with E-state index in [1.807, 2.05) is 54.6 Å². The summed E-state index contributed by atoms with van der Waals surface area (Å²) in [5.74, 6) is 2.33. The minimum absolute atomic E-state index is 0.669. The van der Waals surface area contributed by atoms with E-state index >= 15 is 0 Å². The molecule has 5 nitrogen and oxygen atoms in total. The minimum Gasteiger partial charge on any atom is -0.496 e. The Morgan fingerprint density at radius 1 is 1.05 bits per heavy atom. The number of para-hydroxylation sites is 2. The molecule has 0 aliphatic heterocycles. The summed E-state index contributed by atoms with van der Waals surface area (Å²) in [6.07, 6.45) is 0. The topological polar surface area (TPSA) is 52.8 Å². The molecule has 1 aromatic heterocycles. The molecule has 21 heavy (non-hydrogen) atoms. The number of hydrogen-bond donors (Lipinski definition) is 0. The highest BCUT2D eigenvalue weighted by Crippen LogP contribution is 2.30. The second-order valence-corrected chi connectivity index (χ2v) is 5.30. The van der Waals surface area contributed by atoms with Gasteiger partial charge in [-0.1, -0.05) is 30.3 Å². The van der Waals surface area contributed by atoms with E-state index in [-0.39, 0.29) is 0 Å². The van der Waals surface area contributed by atoms with Crippen molar-refractivity contribution in [1.82, 2.24) is 20.2 Å². The average molecular weight is 298 g/mol. The van der Waals surface area contributed by atoms with E-state index in [2.05, 4.69) is 15.5 Å². The maximum Gasteiger partial charge on any atom is 0.166 e. The van der Waals surface area contributed by atoms with Gasteiger partial charge in [-0.15, -0.1) is 16.9 Å². The van der Waals surface area contributed by atoms with Crippen molar-refractivity contribution in [1.29, 1.82) is 0 Å². The van der Waals surface area contributed by atoms with Gasteiger partial charge in [-0.2, -0.15) is 4.68 Å². The van der Waals surface area contributed by atoms with Crippen molar-refractivity contribution < 1.29 is 4.74 Å². The normalized spacial score (nSPS) is 10.5. The van der Waals surface area contributed by atoms with Crippen molar-refractivity contribution in [2.24, 2.45) is 0 Å². The van der Waals surface area contributed by atoms with Crippen LogP contribution >= 0.6 is 11.8 Å². The summed E-state index contributed by atoms with van der Waals surface area (Å²) in [4.78, 5) is 1.07. The highest BCUT2D eigenvalue weighted by Gasteiger charge is 2.10. The number of ether oxygens (including phenoxy) is 1. The predicted molar refractivity (Wildman–Crippen MR) is 81.7 cm³/mol. The third kappa shape index (κ3) is 3.05. The number of rotatable bonds is 5. The fraction of sp³-hybridized carbons (Fsp3) is 0.133. The van der Waals surface area contributed by atoms with Crippen LogP contribution in [-0.4, -0.2) is 27.3 Å². The molecule has 0 amide bonds. The van der Waals surface area contributed by atoms with Crippen LogP contribution in [0.15, 0.2) is 59.5 Å². The molecule has 3 aromatic rings. The Morgan fingerprint density at radius 3 is 2.62 bits per heavy atom. The summed E-state index contributed by atoms with van der Waals surface area (Å²) < 4.78 is 7.10. The fourth-order valence-corrected chi connectivity index (χ4v) is 2.88. The molecule has 3 rings (SSSR count). The van der Waals surface area contributed by atoms with Gasteiger partial charge in [-0.25, -0.2) is 0 Å². The predicted octanol–water partition coefficient (Wildman–Crippen LogP) is 2.96. The molecule has 0 bridgehead atoms. The van der Waals surface area contributed by atoms with E-state index in [4.69, 9.17) is 4.74 Å². The molecule has 6 heteroatoms. The maximum atomic E-state index is 5.35. The van der Waals surface area contributed by atoms with Crippen LogP contribution in [0.25, 0.3) is 5.69 Å². The Bertz CT molecular complexity index is 714. The van der Waals surface area contributed by atoms with Gasteiger partial charge in [0.2, 0.25) is 0 Å². The summed E-state index contributed by atoms with van der Waals surface area (Å²) in [5.41, 5.74) is 0.957. The van der Waals surface area contributed by atoms with E-state index in [1.165, 1.54) is 0 Å². The zero-order valence-corrected chi connectivity index (χ0v) is 12.3. The van der Waals surface area contributed by atoms with E-state index in [1.54, 1.807) is 23.6 Å². The number of benzene rings is 2. The molecule has 0 aliphatic rings. The number of hydrogen-bond acceptors (Lipinski definition) is 5. The van der Waals surface area contributed by atoms with E-state index < -0.39 is 0 Å². The largest absolute Gasteiger partial charge is 0.496 e. The Kier molecular flexibility index (Phi) is 4.16. The first kappa shape index (κ1) is 13.6. The first-order valence-electron chi connectivity index (χ1n) is 6.47. The highest BCUT2D eigenvalue weighted by atomic mass is 32.2. The lowest BCUT2D eigenvalue weighted by Gasteiger charge is -2.07. The first-order valence-corrected chi connectivity index (χ1v) is 7.45. The molecule has 0 aliphatic carbocycles. The molecule has 106 valence electrons. The average Bonchev–Trinajstić information content (AvgIpc) is 3.02. The van der Waals surface area contributed by atoms with Crippen molar-refractivity contribution >= 4 is 11.8 Å². The van der Waals surface area contributed by atoms with Crippen LogP contribution in [0.2, 0.25) is 0 Å². The molecular formula is C15H14N4OS. The Morgan fingerprint density at radius 2 is 1.81 bits per heavy atom. The van der Waals surface area contributed by atoms with Crippen LogP contribution < -0.4 is 4.74 Å². The van der Waals surface area contributed by atoms with Gasteiger partial charge in [0.1, 0.15) is 5.75 Å². The van der Waals surface area contributed by atoms with Gasteiger partial charge in [0.05, 0.1) is 18.6 Å².